The van der Waals surface area contributed by atoms with Crippen LogP contribution in [0.25, 0.3) is 0 Å². The second-order valence-corrected chi connectivity index (χ2v) is 5.33. The van der Waals surface area contributed by atoms with Crippen molar-refractivity contribution in [3.8, 4) is 11.5 Å². The van der Waals surface area contributed by atoms with Crippen LogP contribution >= 0.6 is 27.5 Å². The van der Waals surface area contributed by atoms with Crippen molar-refractivity contribution >= 4 is 39.7 Å². The molecule has 0 atom stereocenters. The van der Waals surface area contributed by atoms with E-state index in [-0.39, 0.29) is 17.1 Å². The van der Waals surface area contributed by atoms with Gasteiger partial charge in [-0.1, -0.05) is 23.7 Å². The Kier molecular flexibility index (Phi) is 4.82. The van der Waals surface area contributed by atoms with E-state index in [4.69, 9.17) is 11.6 Å². The Morgan fingerprint density at radius 1 is 1.29 bits per heavy atom. The Morgan fingerprint density at radius 2 is 2.00 bits per heavy atom. The first-order valence-electron chi connectivity index (χ1n) is 5.78. The quantitative estimate of drug-likeness (QED) is 0.573. The molecule has 0 aromatic heterocycles. The molecule has 0 aliphatic carbocycles. The third kappa shape index (κ3) is 3.74. The van der Waals surface area contributed by atoms with E-state index in [1.807, 2.05) is 0 Å². The summed E-state index contributed by atoms with van der Waals surface area (Å²) in [6.45, 7) is 0. The van der Waals surface area contributed by atoms with Crippen molar-refractivity contribution in [1.29, 1.82) is 0 Å². The number of carbonyl (C=O) groups is 1. The van der Waals surface area contributed by atoms with Gasteiger partial charge >= 0.3 is 0 Å². The van der Waals surface area contributed by atoms with Crippen molar-refractivity contribution in [2.24, 2.45) is 5.10 Å². The summed E-state index contributed by atoms with van der Waals surface area (Å²) < 4.78 is 0.420. The van der Waals surface area contributed by atoms with Gasteiger partial charge < -0.3 is 10.2 Å². The monoisotopic (exact) mass is 368 g/mol. The highest BCUT2D eigenvalue weighted by molar-refractivity contribution is 9.10. The lowest BCUT2D eigenvalue weighted by Gasteiger charge is -2.04. The van der Waals surface area contributed by atoms with Crippen LogP contribution in [-0.4, -0.2) is 22.3 Å². The van der Waals surface area contributed by atoms with E-state index in [9.17, 15) is 15.0 Å². The van der Waals surface area contributed by atoms with Crippen LogP contribution in [0.1, 0.15) is 15.9 Å². The first-order chi connectivity index (χ1) is 9.99. The minimum absolute atomic E-state index is 0.0417. The molecule has 21 heavy (non-hydrogen) atoms. The number of aromatic hydroxyl groups is 2. The number of halogens is 2. The van der Waals surface area contributed by atoms with Gasteiger partial charge in [-0.15, -0.1) is 0 Å². The van der Waals surface area contributed by atoms with Crippen molar-refractivity contribution in [3.63, 3.8) is 0 Å². The summed E-state index contributed by atoms with van der Waals surface area (Å²) in [6.07, 6.45) is 1.25. The first kappa shape index (κ1) is 15.3. The summed E-state index contributed by atoms with van der Waals surface area (Å²) >= 11 is 9.00. The number of benzene rings is 2. The molecular weight excluding hydrogens is 360 g/mol. The van der Waals surface area contributed by atoms with E-state index >= 15 is 0 Å². The predicted octanol–water partition coefficient (Wildman–Crippen LogP) is 3.28. The highest BCUT2D eigenvalue weighted by Gasteiger charge is 2.09. The molecule has 2 aromatic carbocycles. The highest BCUT2D eigenvalue weighted by Crippen LogP contribution is 2.30. The highest BCUT2D eigenvalue weighted by atomic mass is 79.9. The van der Waals surface area contributed by atoms with Gasteiger partial charge in [0.05, 0.1) is 16.3 Å². The van der Waals surface area contributed by atoms with Gasteiger partial charge in [-0.25, -0.2) is 5.43 Å². The van der Waals surface area contributed by atoms with E-state index < -0.39 is 5.91 Å². The maximum atomic E-state index is 11.8. The average Bonchev–Trinajstić information content (AvgIpc) is 2.44. The lowest BCUT2D eigenvalue weighted by Crippen LogP contribution is -2.17. The molecule has 0 aliphatic rings. The molecule has 0 heterocycles. The average molecular weight is 370 g/mol. The molecule has 7 heteroatoms. The second-order valence-electron chi connectivity index (χ2n) is 4.04. The van der Waals surface area contributed by atoms with Crippen LogP contribution in [0.3, 0.4) is 0 Å². The lowest BCUT2D eigenvalue weighted by molar-refractivity contribution is 0.0952. The number of phenolic OH excluding ortho intramolecular Hbond substituents is 2. The first-order valence-corrected chi connectivity index (χ1v) is 6.95. The third-order valence-corrected chi connectivity index (χ3v) is 3.40. The zero-order valence-corrected chi connectivity index (χ0v) is 12.9. The van der Waals surface area contributed by atoms with Crippen LogP contribution in [0.5, 0.6) is 11.5 Å². The van der Waals surface area contributed by atoms with E-state index in [1.165, 1.54) is 30.5 Å². The molecule has 108 valence electrons. The van der Waals surface area contributed by atoms with Gasteiger partial charge in [-0.2, -0.15) is 5.10 Å². The van der Waals surface area contributed by atoms with Gasteiger partial charge in [0.2, 0.25) is 0 Å². The van der Waals surface area contributed by atoms with Crippen molar-refractivity contribution in [2.45, 2.75) is 0 Å². The predicted molar refractivity (Wildman–Crippen MR) is 84.0 cm³/mol. The topological polar surface area (TPSA) is 81.9 Å². The molecule has 0 aliphatic heterocycles. The summed E-state index contributed by atoms with van der Waals surface area (Å²) in [5.74, 6) is -0.747. The molecule has 3 N–H and O–H groups in total. The van der Waals surface area contributed by atoms with Crippen molar-refractivity contribution < 1.29 is 15.0 Å². The summed E-state index contributed by atoms with van der Waals surface area (Å²) in [5, 5.41) is 23.5. The largest absolute Gasteiger partial charge is 0.507 e. The molecule has 0 saturated heterocycles. The minimum Gasteiger partial charge on any atom is -0.507 e. The number of hydrogen-bond donors (Lipinski definition) is 3. The molecule has 0 saturated carbocycles. The Bertz CT molecular complexity index is 719. The van der Waals surface area contributed by atoms with E-state index in [0.29, 0.717) is 15.1 Å². The number of amides is 1. The fourth-order valence-corrected chi connectivity index (χ4v) is 2.40. The number of hydrazone groups is 1. The van der Waals surface area contributed by atoms with E-state index in [1.54, 1.807) is 12.1 Å². The summed E-state index contributed by atoms with van der Waals surface area (Å²) in [7, 11) is 0. The van der Waals surface area contributed by atoms with Crippen LogP contribution in [-0.2, 0) is 0 Å². The molecule has 5 nitrogen and oxygen atoms in total. The van der Waals surface area contributed by atoms with Crippen molar-refractivity contribution in [1.82, 2.24) is 5.43 Å². The zero-order valence-electron chi connectivity index (χ0n) is 10.5. The van der Waals surface area contributed by atoms with Gasteiger partial charge in [0.25, 0.3) is 5.91 Å². The molecule has 0 spiro atoms. The number of hydrogen-bond acceptors (Lipinski definition) is 4. The van der Waals surface area contributed by atoms with Crippen LogP contribution in [0.2, 0.25) is 5.02 Å². The molecule has 2 rings (SSSR count). The Morgan fingerprint density at radius 3 is 2.71 bits per heavy atom. The van der Waals surface area contributed by atoms with Gasteiger partial charge in [-0.05, 0) is 40.2 Å². The van der Waals surface area contributed by atoms with Crippen LogP contribution in [0.4, 0.5) is 0 Å². The van der Waals surface area contributed by atoms with Gasteiger partial charge in [0, 0.05) is 10.6 Å². The molecule has 0 fully saturated rings. The Labute approximate surface area is 134 Å². The Balaban J connectivity index is 2.13. The molecule has 2 aromatic rings. The van der Waals surface area contributed by atoms with Gasteiger partial charge in [0.1, 0.15) is 11.5 Å². The van der Waals surface area contributed by atoms with Crippen molar-refractivity contribution in [2.75, 3.05) is 0 Å². The maximum absolute atomic E-state index is 11.8. The van der Waals surface area contributed by atoms with Crippen LogP contribution in [0, 0.1) is 0 Å². The molecule has 0 bridgehead atoms. The molecule has 1 amide bonds. The van der Waals surface area contributed by atoms with Gasteiger partial charge in [-0.3, -0.25) is 4.79 Å². The van der Waals surface area contributed by atoms with Crippen LogP contribution < -0.4 is 5.43 Å². The summed E-state index contributed by atoms with van der Waals surface area (Å²) in [5.41, 5.74) is 2.70. The number of nitrogens with zero attached hydrogens (tertiary/aromatic N) is 1. The SMILES string of the molecule is O=C(N/N=C\c1cc(Cl)cc(Br)c1O)c1ccccc1O. The molecule has 0 radical (unpaired) electrons. The van der Waals surface area contributed by atoms with E-state index in [0.717, 1.165) is 0 Å². The van der Waals surface area contributed by atoms with Crippen LogP contribution in [0.15, 0.2) is 46.0 Å². The molecular formula is C14H10BrClN2O3. The van der Waals surface area contributed by atoms with E-state index in [2.05, 4.69) is 26.5 Å². The second kappa shape index (κ2) is 6.60. The number of rotatable bonds is 3. The fourth-order valence-electron chi connectivity index (χ4n) is 1.57. The maximum Gasteiger partial charge on any atom is 0.275 e. The molecule has 0 unspecified atom stereocenters. The summed E-state index contributed by atoms with van der Waals surface area (Å²) in [6, 6.07) is 9.13. The van der Waals surface area contributed by atoms with Gasteiger partial charge in [0.15, 0.2) is 0 Å². The number of carbonyl (C=O) groups excluding carboxylic acids is 1. The van der Waals surface area contributed by atoms with Crippen molar-refractivity contribution in [3.05, 3.63) is 57.0 Å². The lowest BCUT2D eigenvalue weighted by atomic mass is 10.2. The number of nitrogens with one attached hydrogen (secondary N) is 1. The third-order valence-electron chi connectivity index (χ3n) is 2.58. The smallest absolute Gasteiger partial charge is 0.275 e. The minimum atomic E-state index is -0.565. The normalized spacial score (nSPS) is 10.8. The summed E-state index contributed by atoms with van der Waals surface area (Å²) in [4.78, 5) is 11.8. The zero-order chi connectivity index (χ0) is 15.4. The Hall–Kier alpha value is -2.05. The fraction of sp³-hybridized carbons (Fsp3) is 0. The standard InChI is InChI=1S/C14H10BrClN2O3/c15-11-6-9(16)5-8(13(11)20)7-17-18-14(21)10-3-1-2-4-12(10)19/h1-7,19-20H,(H,18,21)/b17-7-. The number of para-hydroxylation sites is 1. The number of phenols is 2.